The predicted octanol–water partition coefficient (Wildman–Crippen LogP) is 4.91. The molecule has 5 rings (SSSR count). The van der Waals surface area contributed by atoms with Crippen molar-refractivity contribution in [1.29, 1.82) is 0 Å². The van der Waals surface area contributed by atoms with Gasteiger partial charge in [-0.25, -0.2) is 43.7 Å². The van der Waals surface area contributed by atoms with E-state index in [0.717, 1.165) is 0 Å². The summed E-state index contributed by atoms with van der Waals surface area (Å²) >= 11 is 16.4. The Balaban J connectivity index is 0.000000359. The van der Waals surface area contributed by atoms with Crippen LogP contribution < -0.4 is 32.0 Å². The third-order valence-electron chi connectivity index (χ3n) is 7.54. The van der Waals surface area contributed by atoms with E-state index in [-0.39, 0.29) is 69.4 Å². The number of benzene rings is 2. The van der Waals surface area contributed by atoms with Gasteiger partial charge in [0.25, 0.3) is 17.7 Å². The highest BCUT2D eigenvalue weighted by molar-refractivity contribution is 6.32. The molecule has 0 bridgehead atoms. The number of esters is 3. The van der Waals surface area contributed by atoms with Crippen LogP contribution in [0.3, 0.4) is 0 Å². The Kier molecular flexibility index (Phi) is 23.9. The molecule has 3 heterocycles. The summed E-state index contributed by atoms with van der Waals surface area (Å²) < 4.78 is 38.0. The van der Waals surface area contributed by atoms with Crippen LogP contribution in [0.4, 0.5) is 10.2 Å². The number of aliphatic hydroxyl groups is 1. The van der Waals surface area contributed by atoms with Crippen molar-refractivity contribution in [3.63, 3.8) is 0 Å². The van der Waals surface area contributed by atoms with Crippen LogP contribution in [0.5, 0.6) is 17.4 Å². The second-order valence-electron chi connectivity index (χ2n) is 12.9. The zero-order valence-corrected chi connectivity index (χ0v) is 39.3. The molecule has 0 aliphatic carbocycles. The van der Waals surface area contributed by atoms with Gasteiger partial charge in [-0.1, -0.05) is 11.6 Å². The quantitative estimate of drug-likeness (QED) is 0.0379. The Bertz CT molecular complexity index is 2490. The molecule has 3 aromatic heterocycles. The van der Waals surface area contributed by atoms with Crippen molar-refractivity contribution in [2.75, 3.05) is 25.1 Å². The van der Waals surface area contributed by atoms with Gasteiger partial charge in [-0.05, 0) is 113 Å². The van der Waals surface area contributed by atoms with Crippen molar-refractivity contribution in [3.05, 3.63) is 105 Å². The average Bonchev–Trinajstić information content (AvgIpc) is 3.27. The number of nitrogens with zero attached hydrogens (tertiary/aromatic N) is 6. The molecule has 0 saturated heterocycles. The van der Waals surface area contributed by atoms with E-state index in [4.69, 9.17) is 76.1 Å². The van der Waals surface area contributed by atoms with E-state index < -0.39 is 53.9 Å². The lowest BCUT2D eigenvalue weighted by Gasteiger charge is -2.14. The first kappa shape index (κ1) is 56.8. The van der Waals surface area contributed by atoms with Gasteiger partial charge in [0.15, 0.2) is 11.9 Å². The van der Waals surface area contributed by atoms with Crippen LogP contribution in [0, 0.1) is 5.82 Å². The highest BCUT2D eigenvalue weighted by atomic mass is 35.5. The molecule has 0 spiro atoms. The molecule has 0 radical (unpaired) electrons. The van der Waals surface area contributed by atoms with E-state index in [1.54, 1.807) is 52.0 Å². The highest BCUT2D eigenvalue weighted by Gasteiger charge is 2.19. The monoisotopic (exact) mass is 1010 g/mol. The minimum atomic E-state index is -0.991. The van der Waals surface area contributed by atoms with E-state index in [9.17, 15) is 33.2 Å². The third-order valence-corrected chi connectivity index (χ3v) is 8.07. The molecule has 8 N–H and O–H groups in total. The molecular weight excluding hydrogens is 962 g/mol. The maximum Gasteiger partial charge on any atom is 0.347 e. The molecule has 0 aliphatic heterocycles. The molecule has 0 unspecified atom stereocenters. The molecule has 2 aromatic carbocycles. The molecule has 364 valence electrons. The second kappa shape index (κ2) is 28.6. The van der Waals surface area contributed by atoms with Gasteiger partial charge in [0.2, 0.25) is 16.4 Å². The number of halogens is 4. The normalized spacial score (nSPS) is 11.4. The van der Waals surface area contributed by atoms with E-state index in [2.05, 4.69) is 40.0 Å². The Morgan fingerprint density at radius 3 is 1.59 bits per heavy atom. The van der Waals surface area contributed by atoms with E-state index in [0.29, 0.717) is 23.7 Å². The molecule has 26 heteroatoms. The number of carbonyl (C=O) groups excluding carboxylic acids is 6. The number of primary amides is 3. The van der Waals surface area contributed by atoms with Crippen LogP contribution in [-0.4, -0.2) is 109 Å². The molecule has 0 fully saturated rings. The number of carbonyl (C=O) groups is 6. The standard InChI is InChI=1S/C22H21FN4O4.C10H12ClN3O4.C5H3Cl2N3O.C5H10O3/c1-3-30-22(29)13(2)25-19-12-18(20(24)28)26-21(27-19)14-4-8-16(9-5-14)31-17-10-6-15(23)7-11-17;1-3-17-9(16)5(2)18-7-4-6(8(12)15)13-10(11)14-7;6-3-1-2(4(8)11)9-5(7)10-3;1-3-8-5(7)4(2)6/h4-13H,3H2,1-2H3,(H2,24,28)(H,25,26,27);4-5H,3H2,1-2H3,(H2,12,15);1H,(H2,8,11);4,6H,3H2,1-2H3/t13-;5-;;4-/m00.0/s1. The number of rotatable bonds is 16. The zero-order chi connectivity index (χ0) is 51.1. The van der Waals surface area contributed by atoms with Gasteiger partial charge in [0.1, 0.15) is 57.5 Å². The number of anilines is 1. The summed E-state index contributed by atoms with van der Waals surface area (Å²) in [5.74, 6) is -2.62. The van der Waals surface area contributed by atoms with Crippen LogP contribution in [0.15, 0.2) is 66.7 Å². The SMILES string of the molecule is CCOC(=O)[C@H](C)Nc1cc(C(N)=O)nc(-c2ccc(Oc3ccc(F)cc3)cc2)n1.CCOC(=O)[C@H](C)O.CCOC(=O)[C@H](C)Oc1cc(C(N)=O)nc(Cl)n1.NC(=O)c1cc(Cl)nc(Cl)n1. The lowest BCUT2D eigenvalue weighted by molar-refractivity contribution is -0.152. The van der Waals surface area contributed by atoms with Gasteiger partial charge in [-0.3, -0.25) is 14.4 Å². The topological polar surface area (TPSA) is 336 Å². The number of nitrogens with two attached hydrogens (primary N) is 3. The number of hydrogen-bond donors (Lipinski definition) is 5. The lowest BCUT2D eigenvalue weighted by atomic mass is 10.2. The maximum absolute atomic E-state index is 13.0. The molecule has 3 amide bonds. The first-order valence-electron chi connectivity index (χ1n) is 19.7. The number of amides is 3. The lowest BCUT2D eigenvalue weighted by Crippen LogP contribution is -2.29. The molecule has 3 atom stereocenters. The highest BCUT2D eigenvalue weighted by Crippen LogP contribution is 2.26. The summed E-state index contributed by atoms with van der Waals surface area (Å²) in [6, 6.07) is 15.6. The van der Waals surface area contributed by atoms with Crippen LogP contribution in [-0.2, 0) is 28.6 Å². The summed E-state index contributed by atoms with van der Waals surface area (Å²) in [5.41, 5.74) is 15.9. The largest absolute Gasteiger partial charge is 0.464 e. The predicted molar refractivity (Wildman–Crippen MR) is 243 cm³/mol. The van der Waals surface area contributed by atoms with Gasteiger partial charge in [0, 0.05) is 23.8 Å². The number of nitrogens with one attached hydrogen (secondary N) is 1. The summed E-state index contributed by atoms with van der Waals surface area (Å²) in [6.45, 7) is 10.4. The van der Waals surface area contributed by atoms with Crippen molar-refractivity contribution in [2.24, 2.45) is 17.2 Å². The van der Waals surface area contributed by atoms with E-state index in [1.165, 1.54) is 56.3 Å². The minimum absolute atomic E-state index is 0.00445. The van der Waals surface area contributed by atoms with Crippen molar-refractivity contribution < 1.29 is 61.9 Å². The summed E-state index contributed by atoms with van der Waals surface area (Å²) in [5, 5.41) is 11.2. The van der Waals surface area contributed by atoms with Gasteiger partial charge in [0.05, 0.1) is 19.8 Å². The Labute approximate surface area is 403 Å². The number of ether oxygens (including phenoxy) is 5. The van der Waals surface area contributed by atoms with Gasteiger partial charge < -0.3 is 51.3 Å². The average molecular weight is 1010 g/mol. The van der Waals surface area contributed by atoms with Gasteiger partial charge in [-0.15, -0.1) is 0 Å². The smallest absolute Gasteiger partial charge is 0.347 e. The van der Waals surface area contributed by atoms with Crippen LogP contribution in [0.25, 0.3) is 11.4 Å². The molecule has 22 nitrogen and oxygen atoms in total. The van der Waals surface area contributed by atoms with Crippen LogP contribution in [0.1, 0.15) is 73.0 Å². The fourth-order valence-corrected chi connectivity index (χ4v) is 5.07. The Hall–Kier alpha value is -7.34. The zero-order valence-electron chi connectivity index (χ0n) is 37.1. The fourth-order valence-electron chi connectivity index (χ4n) is 4.49. The van der Waals surface area contributed by atoms with Gasteiger partial charge >= 0.3 is 17.9 Å². The van der Waals surface area contributed by atoms with Crippen molar-refractivity contribution in [3.8, 4) is 28.8 Å². The molecular formula is C42H46Cl3FN10O12. The minimum Gasteiger partial charge on any atom is -0.464 e. The van der Waals surface area contributed by atoms with E-state index >= 15 is 0 Å². The number of hydrogen-bond acceptors (Lipinski definition) is 19. The summed E-state index contributed by atoms with van der Waals surface area (Å²) in [4.78, 5) is 89.6. The molecule has 5 aromatic rings. The molecule has 0 aliphatic rings. The van der Waals surface area contributed by atoms with Crippen molar-refractivity contribution in [1.82, 2.24) is 29.9 Å². The third kappa shape index (κ3) is 20.4. The summed E-state index contributed by atoms with van der Waals surface area (Å²) in [6.07, 6.45) is -1.87. The fraction of sp³-hybridized carbons (Fsp3) is 0.286. The molecule has 68 heavy (non-hydrogen) atoms. The summed E-state index contributed by atoms with van der Waals surface area (Å²) in [7, 11) is 0. The second-order valence-corrected chi connectivity index (χ2v) is 14.0. The Morgan fingerprint density at radius 1 is 0.632 bits per heavy atom. The number of aliphatic hydroxyl groups excluding tert-OH is 1. The van der Waals surface area contributed by atoms with Crippen LogP contribution >= 0.6 is 34.8 Å². The first-order chi connectivity index (χ1) is 32.1. The van der Waals surface area contributed by atoms with E-state index in [1.807, 2.05) is 0 Å². The van der Waals surface area contributed by atoms with Gasteiger partial charge in [-0.2, -0.15) is 4.98 Å². The van der Waals surface area contributed by atoms with Crippen LogP contribution in [0.2, 0.25) is 15.7 Å². The Morgan fingerprint density at radius 2 is 1.10 bits per heavy atom. The van der Waals surface area contributed by atoms with Crippen molar-refractivity contribution >= 4 is 76.3 Å². The van der Waals surface area contributed by atoms with Crippen molar-refractivity contribution in [2.45, 2.75) is 59.8 Å². The maximum atomic E-state index is 13.0. The number of aromatic nitrogens is 6. The first-order valence-corrected chi connectivity index (χ1v) is 20.9. The molecule has 0 saturated carbocycles.